The maximum absolute atomic E-state index is 13.4. The molecular weight excluding hydrogens is 581 g/mol. The molecule has 0 aromatic carbocycles. The second kappa shape index (κ2) is 15.9. The molecule has 0 amide bonds. The largest absolute Gasteiger partial charge is 0.469 e. The van der Waals surface area contributed by atoms with E-state index in [4.69, 9.17) is 27.9 Å². The number of hydrogen-bond donors (Lipinski definition) is 3. The molecule has 9 unspecified atom stereocenters. The van der Waals surface area contributed by atoms with Gasteiger partial charge < -0.3 is 38.3 Å². The molecule has 13 heteroatoms. The number of fused-ring (bicyclic) bond motifs is 2. The first kappa shape index (κ1) is 35.6. The number of aromatic nitrogens is 1. The molecular formula is C30H48NO11P. The second-order valence-corrected chi connectivity index (χ2v) is 13.2. The number of ether oxygens (including phenoxy) is 4. The predicted octanol–water partition coefficient (Wildman–Crippen LogP) is 4.89. The van der Waals surface area contributed by atoms with Crippen LogP contribution in [-0.4, -0.2) is 76.7 Å². The van der Waals surface area contributed by atoms with Gasteiger partial charge in [-0.2, -0.15) is 0 Å². The fourth-order valence-electron chi connectivity index (χ4n) is 5.72. The number of carbonyl (C=O) groups is 1. The first-order chi connectivity index (χ1) is 20.2. The summed E-state index contributed by atoms with van der Waals surface area (Å²) in [6.45, 7) is 11.4. The van der Waals surface area contributed by atoms with E-state index in [1.54, 1.807) is 34.1 Å². The van der Waals surface area contributed by atoms with Crippen molar-refractivity contribution in [3.05, 3.63) is 35.6 Å². The van der Waals surface area contributed by atoms with Crippen molar-refractivity contribution in [2.75, 3.05) is 14.2 Å². The van der Waals surface area contributed by atoms with E-state index < -0.39 is 56.1 Å². The molecule has 2 fully saturated rings. The maximum Gasteiger partial charge on any atom is 0.469 e. The van der Waals surface area contributed by atoms with E-state index in [0.717, 1.165) is 11.1 Å². The number of aliphatic hydroxyl groups excluding tert-OH is 1. The zero-order valence-corrected chi connectivity index (χ0v) is 26.9. The first-order valence-electron chi connectivity index (χ1n) is 14.8. The molecule has 2 saturated heterocycles. The average Bonchev–Trinajstić information content (AvgIpc) is 3.37. The van der Waals surface area contributed by atoms with Gasteiger partial charge in [-0.25, -0.2) is 9.55 Å². The highest BCUT2D eigenvalue weighted by molar-refractivity contribution is 7.46. The van der Waals surface area contributed by atoms with Crippen molar-refractivity contribution < 1.29 is 52.1 Å². The van der Waals surface area contributed by atoms with Gasteiger partial charge in [0.25, 0.3) is 0 Å². The highest BCUT2D eigenvalue weighted by atomic mass is 31.2. The molecule has 0 spiro atoms. The zero-order chi connectivity index (χ0) is 31.9. The van der Waals surface area contributed by atoms with Crippen LogP contribution in [0.5, 0.6) is 0 Å². The average molecular weight is 630 g/mol. The fourth-order valence-corrected chi connectivity index (χ4v) is 6.37. The molecule has 244 valence electrons. The molecule has 0 aliphatic carbocycles. The van der Waals surface area contributed by atoms with Crippen LogP contribution in [0.2, 0.25) is 0 Å². The smallest absolute Gasteiger partial charge is 0.455 e. The number of cyclic esters (lactones) is 1. The third kappa shape index (κ3) is 11.2. The van der Waals surface area contributed by atoms with Gasteiger partial charge in [-0.15, -0.1) is 0 Å². The lowest BCUT2D eigenvalue weighted by atomic mass is 9.87. The Balaban J connectivity index is 1.92. The Morgan fingerprint density at radius 1 is 1.14 bits per heavy atom. The van der Waals surface area contributed by atoms with Gasteiger partial charge in [-0.3, -0.25) is 9.32 Å². The normalized spacial score (nSPS) is 33.2. The van der Waals surface area contributed by atoms with Crippen molar-refractivity contribution in [1.29, 1.82) is 0 Å². The van der Waals surface area contributed by atoms with Crippen molar-refractivity contribution in [2.45, 2.75) is 115 Å². The number of nitrogens with zero attached hydrogens (tertiary/aromatic N) is 1. The van der Waals surface area contributed by atoms with Crippen LogP contribution in [0.1, 0.15) is 90.3 Å². The molecule has 12 nitrogen and oxygen atoms in total. The zero-order valence-electron chi connectivity index (χ0n) is 26.0. The highest BCUT2D eigenvalue weighted by Crippen LogP contribution is 2.43. The monoisotopic (exact) mass is 629 g/mol. The summed E-state index contributed by atoms with van der Waals surface area (Å²) in [5.41, 5.74) is 2.23. The van der Waals surface area contributed by atoms with Crippen LogP contribution in [0.4, 0.5) is 0 Å². The number of hydrogen-bond acceptors (Lipinski definition) is 10. The lowest BCUT2D eigenvalue weighted by molar-refractivity contribution is -0.157. The van der Waals surface area contributed by atoms with Crippen LogP contribution in [-0.2, 0) is 32.8 Å². The molecule has 3 N–H and O–H groups in total. The van der Waals surface area contributed by atoms with E-state index in [2.05, 4.69) is 11.6 Å². The molecule has 0 radical (unpaired) electrons. The Morgan fingerprint density at radius 2 is 1.81 bits per heavy atom. The van der Waals surface area contributed by atoms with Crippen molar-refractivity contribution in [3.8, 4) is 0 Å². The Bertz CT molecular complexity index is 1150. The lowest BCUT2D eigenvalue weighted by Crippen LogP contribution is -2.37. The van der Waals surface area contributed by atoms with Crippen molar-refractivity contribution >= 4 is 19.9 Å². The Morgan fingerprint density at radius 3 is 2.44 bits per heavy atom. The van der Waals surface area contributed by atoms with E-state index in [1.807, 2.05) is 13.8 Å². The number of esters is 1. The standard InChI is InChI=1S/C30H48NO11P/c1-17-8-24-13-22(32)12-23(38-7)14-28(26-16-39-29(31-26)11-18(2)21(5)37-6)41-30(33)20(4)10-19(3)27(42-43(34,35)36)15-25(9-17)40-24/h11,16,19-25,27-28,32H,1,8-10,12-15H2,2-7H3,(H2,34,35,36). The number of phosphoric ester groups is 1. The summed E-state index contributed by atoms with van der Waals surface area (Å²) in [4.78, 5) is 37.2. The summed E-state index contributed by atoms with van der Waals surface area (Å²) >= 11 is 0. The van der Waals surface area contributed by atoms with Crippen molar-refractivity contribution in [3.63, 3.8) is 0 Å². The minimum absolute atomic E-state index is 0.142. The maximum atomic E-state index is 13.4. The molecule has 3 rings (SSSR count). The van der Waals surface area contributed by atoms with Crippen LogP contribution in [0.25, 0.3) is 6.08 Å². The van der Waals surface area contributed by atoms with Crippen molar-refractivity contribution in [2.24, 2.45) is 11.8 Å². The summed E-state index contributed by atoms with van der Waals surface area (Å²) in [7, 11) is -1.68. The fraction of sp³-hybridized carbons (Fsp3) is 0.733. The van der Waals surface area contributed by atoms with Gasteiger partial charge in [0.2, 0.25) is 5.89 Å². The van der Waals surface area contributed by atoms with Crippen LogP contribution in [0, 0.1) is 11.8 Å². The van der Waals surface area contributed by atoms with E-state index >= 15 is 0 Å². The molecule has 1 aromatic heterocycles. The minimum Gasteiger partial charge on any atom is -0.455 e. The third-order valence-electron chi connectivity index (χ3n) is 8.30. The van der Waals surface area contributed by atoms with Gasteiger partial charge >= 0.3 is 13.8 Å². The molecule has 1 aromatic rings. The first-order valence-corrected chi connectivity index (χ1v) is 16.3. The summed E-state index contributed by atoms with van der Waals surface area (Å²) in [5, 5.41) is 11.0. The van der Waals surface area contributed by atoms with Crippen molar-refractivity contribution in [1.82, 2.24) is 4.98 Å². The molecule has 3 heterocycles. The second-order valence-electron chi connectivity index (χ2n) is 12.0. The summed E-state index contributed by atoms with van der Waals surface area (Å²) in [5.74, 6) is -1.24. The van der Waals surface area contributed by atoms with E-state index in [9.17, 15) is 24.3 Å². The van der Waals surface area contributed by atoms with Gasteiger partial charge in [0.1, 0.15) is 18.1 Å². The van der Waals surface area contributed by atoms with Crippen LogP contribution in [0.3, 0.4) is 0 Å². The molecule has 2 bridgehead atoms. The molecule has 2 aliphatic heterocycles. The molecule has 43 heavy (non-hydrogen) atoms. The Kier molecular flexibility index (Phi) is 13.2. The number of rotatable bonds is 7. The van der Waals surface area contributed by atoms with Crippen LogP contribution >= 0.6 is 7.82 Å². The number of aliphatic hydroxyl groups is 1. The number of methoxy groups -OCH3 is 2. The quantitative estimate of drug-likeness (QED) is 0.213. The Labute approximate surface area is 254 Å². The topological polar surface area (TPSA) is 167 Å². The van der Waals surface area contributed by atoms with Crippen LogP contribution in [0.15, 0.2) is 28.4 Å². The van der Waals surface area contributed by atoms with Gasteiger partial charge in [0.15, 0.2) is 0 Å². The van der Waals surface area contributed by atoms with Gasteiger partial charge in [0, 0.05) is 33.1 Å². The Hall–Kier alpha value is -1.89. The van der Waals surface area contributed by atoms with Gasteiger partial charge in [-0.1, -0.05) is 26.0 Å². The van der Waals surface area contributed by atoms with Gasteiger partial charge in [-0.05, 0) is 57.4 Å². The summed E-state index contributed by atoms with van der Waals surface area (Å²) < 4.78 is 46.0. The number of phosphoric acid groups is 1. The summed E-state index contributed by atoms with van der Waals surface area (Å²) in [6, 6.07) is 0. The summed E-state index contributed by atoms with van der Waals surface area (Å²) in [6.07, 6.45) is 1.65. The molecule has 9 atom stereocenters. The van der Waals surface area contributed by atoms with E-state index in [1.165, 1.54) is 6.26 Å². The number of carbonyl (C=O) groups excluding carboxylic acids is 1. The van der Waals surface area contributed by atoms with E-state index in [-0.39, 0.29) is 37.9 Å². The predicted molar refractivity (Wildman–Crippen MR) is 158 cm³/mol. The SMILES string of the molecule is C=C1CC2CC(O)CC(OC)CC(c3coc(C=C(C)C(C)OC)n3)OC(=O)C(C)CC(C)C(OP(=O)(O)O)CC(C1)O2. The molecule has 0 saturated carbocycles. The van der Waals surface area contributed by atoms with Gasteiger partial charge in [0.05, 0.1) is 42.5 Å². The van der Waals surface area contributed by atoms with Crippen LogP contribution < -0.4 is 0 Å². The molecule has 2 aliphatic rings. The van der Waals surface area contributed by atoms with E-state index in [0.29, 0.717) is 30.8 Å². The number of oxazole rings is 1. The minimum atomic E-state index is -4.83. The lowest BCUT2D eigenvalue weighted by Gasteiger charge is -2.36. The highest BCUT2D eigenvalue weighted by Gasteiger charge is 2.36. The third-order valence-corrected chi connectivity index (χ3v) is 8.85.